The van der Waals surface area contributed by atoms with Crippen LogP contribution in [0.2, 0.25) is 5.02 Å². The van der Waals surface area contributed by atoms with E-state index in [0.717, 1.165) is 0 Å². The van der Waals surface area contributed by atoms with Crippen molar-refractivity contribution in [1.82, 2.24) is 16.1 Å². The predicted octanol–water partition coefficient (Wildman–Crippen LogP) is 3.13. The summed E-state index contributed by atoms with van der Waals surface area (Å²) in [5, 5.41) is 19.4. The van der Waals surface area contributed by atoms with Crippen LogP contribution in [0.4, 0.5) is 0 Å². The van der Waals surface area contributed by atoms with Crippen LogP contribution in [0.1, 0.15) is 31.0 Å². The third-order valence-electron chi connectivity index (χ3n) is 5.01. The number of amides is 1. The number of benzene rings is 2. The molecule has 1 atom stereocenters. The lowest BCUT2D eigenvalue weighted by molar-refractivity contribution is -0.139. The zero-order chi connectivity index (χ0) is 26.8. The van der Waals surface area contributed by atoms with Crippen LogP contribution in [0.3, 0.4) is 0 Å². The molecular weight excluding hydrogens is 518 g/mol. The number of ether oxygens (including phenoxy) is 3. The molecule has 1 aliphatic rings. The number of allylic oxidation sites excluding steroid dienone is 1. The SMILES string of the molecule is CCOC(=O)C1=C(C)NC(=S)N[C@@H]1c1ccccc1OCC(=O)NN=Cc1cc(Cl)ccc1OCC#N. The summed E-state index contributed by atoms with van der Waals surface area (Å²) in [7, 11) is 0. The number of halogens is 1. The van der Waals surface area contributed by atoms with E-state index in [4.69, 9.17) is 43.3 Å². The molecule has 37 heavy (non-hydrogen) atoms. The van der Waals surface area contributed by atoms with Gasteiger partial charge in [0.15, 0.2) is 18.3 Å². The van der Waals surface area contributed by atoms with E-state index in [1.165, 1.54) is 6.21 Å². The molecule has 192 valence electrons. The number of thiocarbonyl (C=S) groups is 1. The van der Waals surface area contributed by atoms with Gasteiger partial charge in [-0.05, 0) is 50.3 Å². The van der Waals surface area contributed by atoms with Crippen LogP contribution in [0, 0.1) is 11.3 Å². The maximum atomic E-state index is 12.7. The van der Waals surface area contributed by atoms with Crippen molar-refractivity contribution in [3.63, 3.8) is 0 Å². The summed E-state index contributed by atoms with van der Waals surface area (Å²) in [5.74, 6) is -0.255. The van der Waals surface area contributed by atoms with Crippen LogP contribution in [-0.4, -0.2) is 43.0 Å². The standard InChI is InChI=1S/C25H24ClN5O5S/c1-3-34-24(33)22-15(2)29-25(37)30-23(22)18-6-4-5-7-20(18)36-14-21(32)31-28-13-16-12-17(26)8-9-19(16)35-11-10-27/h4-9,12-13,23H,3,11,14H2,1-2H3,(H,31,32)(H2,29,30,37)/t23-/m1/s1. The van der Waals surface area contributed by atoms with Crippen LogP contribution < -0.4 is 25.5 Å². The first-order valence-electron chi connectivity index (χ1n) is 11.1. The Balaban J connectivity index is 1.71. The second-order valence-electron chi connectivity index (χ2n) is 7.54. The van der Waals surface area contributed by atoms with Gasteiger partial charge >= 0.3 is 5.97 Å². The van der Waals surface area contributed by atoms with Crippen molar-refractivity contribution >= 4 is 47.0 Å². The van der Waals surface area contributed by atoms with E-state index in [0.29, 0.717) is 44.0 Å². The second kappa shape index (κ2) is 13.2. The number of hydrogen-bond acceptors (Lipinski definition) is 8. The first-order valence-corrected chi connectivity index (χ1v) is 11.9. The third-order valence-corrected chi connectivity index (χ3v) is 5.47. The minimum atomic E-state index is -0.639. The molecule has 3 rings (SSSR count). The fourth-order valence-corrected chi connectivity index (χ4v) is 3.92. The van der Waals surface area contributed by atoms with E-state index >= 15 is 0 Å². The Morgan fingerprint density at radius 2 is 2.03 bits per heavy atom. The van der Waals surface area contributed by atoms with Crippen molar-refractivity contribution in [2.24, 2.45) is 5.10 Å². The summed E-state index contributed by atoms with van der Waals surface area (Å²) in [4.78, 5) is 25.1. The van der Waals surface area contributed by atoms with E-state index in [9.17, 15) is 9.59 Å². The fourth-order valence-electron chi connectivity index (χ4n) is 3.47. The van der Waals surface area contributed by atoms with E-state index in [1.54, 1.807) is 56.3 Å². The number of hydrazone groups is 1. The van der Waals surface area contributed by atoms with E-state index < -0.39 is 17.9 Å². The molecule has 0 aliphatic carbocycles. The highest BCUT2D eigenvalue weighted by molar-refractivity contribution is 7.80. The minimum Gasteiger partial charge on any atom is -0.483 e. The topological polar surface area (TPSA) is 134 Å². The molecular formula is C25H24ClN5O5S. The number of nitriles is 1. The number of carbonyl (C=O) groups excluding carboxylic acids is 2. The highest BCUT2D eigenvalue weighted by atomic mass is 35.5. The first-order chi connectivity index (χ1) is 17.8. The number of nitrogens with zero attached hydrogens (tertiary/aromatic N) is 2. The Bertz CT molecular complexity index is 1290. The number of carbonyl (C=O) groups is 2. The summed E-state index contributed by atoms with van der Waals surface area (Å²) in [6, 6.07) is 13.0. The Hall–Kier alpha value is -4.14. The largest absolute Gasteiger partial charge is 0.483 e. The summed E-state index contributed by atoms with van der Waals surface area (Å²) in [6.45, 7) is 3.17. The molecule has 0 fully saturated rings. The highest BCUT2D eigenvalue weighted by Crippen LogP contribution is 2.33. The average Bonchev–Trinajstić information content (AvgIpc) is 2.87. The molecule has 1 heterocycles. The van der Waals surface area contributed by atoms with Gasteiger partial charge in [0.2, 0.25) is 0 Å². The molecule has 0 unspecified atom stereocenters. The first kappa shape index (κ1) is 27.4. The predicted molar refractivity (Wildman–Crippen MR) is 141 cm³/mol. The molecule has 2 aromatic rings. The number of esters is 1. The lowest BCUT2D eigenvalue weighted by Gasteiger charge is -2.30. The van der Waals surface area contributed by atoms with Crippen molar-refractivity contribution in [1.29, 1.82) is 5.26 Å². The van der Waals surface area contributed by atoms with Crippen molar-refractivity contribution in [2.75, 3.05) is 19.8 Å². The Morgan fingerprint density at radius 3 is 2.78 bits per heavy atom. The van der Waals surface area contributed by atoms with Crippen LogP contribution in [0.15, 0.2) is 58.8 Å². The van der Waals surface area contributed by atoms with Gasteiger partial charge in [0.1, 0.15) is 17.6 Å². The van der Waals surface area contributed by atoms with Crippen LogP contribution >= 0.6 is 23.8 Å². The van der Waals surface area contributed by atoms with Gasteiger partial charge in [-0.1, -0.05) is 29.8 Å². The summed E-state index contributed by atoms with van der Waals surface area (Å²) in [5.41, 5.74) is 4.38. The normalized spacial score (nSPS) is 14.9. The van der Waals surface area contributed by atoms with Gasteiger partial charge in [0.05, 0.1) is 24.4 Å². The van der Waals surface area contributed by atoms with Gasteiger partial charge in [-0.25, -0.2) is 10.2 Å². The molecule has 2 aromatic carbocycles. The van der Waals surface area contributed by atoms with E-state index in [-0.39, 0.29) is 19.8 Å². The summed E-state index contributed by atoms with van der Waals surface area (Å²) < 4.78 is 16.3. The maximum Gasteiger partial charge on any atom is 0.338 e. The Kier molecular flexibility index (Phi) is 9.83. The lowest BCUT2D eigenvalue weighted by atomic mass is 9.95. The Morgan fingerprint density at radius 1 is 1.24 bits per heavy atom. The number of hydrogen-bond donors (Lipinski definition) is 3. The maximum absolute atomic E-state index is 12.7. The molecule has 0 saturated heterocycles. The quantitative estimate of drug-likeness (QED) is 0.179. The fraction of sp³-hybridized carbons (Fsp3) is 0.240. The van der Waals surface area contributed by atoms with Crippen molar-refractivity contribution in [3.8, 4) is 17.6 Å². The molecule has 0 aromatic heterocycles. The Labute approximate surface area is 224 Å². The second-order valence-corrected chi connectivity index (χ2v) is 8.38. The van der Waals surface area contributed by atoms with E-state index in [2.05, 4.69) is 21.2 Å². The van der Waals surface area contributed by atoms with Gasteiger partial charge in [0.25, 0.3) is 5.91 Å². The van der Waals surface area contributed by atoms with Gasteiger partial charge in [-0.2, -0.15) is 10.4 Å². The van der Waals surface area contributed by atoms with Crippen LogP contribution in [-0.2, 0) is 14.3 Å². The summed E-state index contributed by atoms with van der Waals surface area (Å²) in [6.07, 6.45) is 1.35. The van der Waals surface area contributed by atoms with Gasteiger partial charge < -0.3 is 24.8 Å². The lowest BCUT2D eigenvalue weighted by Crippen LogP contribution is -2.45. The zero-order valence-corrected chi connectivity index (χ0v) is 21.6. The highest BCUT2D eigenvalue weighted by Gasteiger charge is 2.32. The molecule has 0 spiro atoms. The number of nitrogens with one attached hydrogen (secondary N) is 3. The average molecular weight is 542 g/mol. The molecule has 12 heteroatoms. The smallest absolute Gasteiger partial charge is 0.338 e. The molecule has 0 radical (unpaired) electrons. The van der Waals surface area contributed by atoms with Crippen molar-refractivity contribution < 1.29 is 23.8 Å². The molecule has 1 amide bonds. The summed E-state index contributed by atoms with van der Waals surface area (Å²) >= 11 is 11.3. The van der Waals surface area contributed by atoms with Crippen molar-refractivity contribution in [2.45, 2.75) is 19.9 Å². The molecule has 1 aliphatic heterocycles. The van der Waals surface area contributed by atoms with E-state index in [1.807, 2.05) is 6.07 Å². The van der Waals surface area contributed by atoms with Gasteiger partial charge in [-0.15, -0.1) is 0 Å². The minimum absolute atomic E-state index is 0.148. The third kappa shape index (κ3) is 7.42. The molecule has 3 N–H and O–H groups in total. The monoisotopic (exact) mass is 541 g/mol. The van der Waals surface area contributed by atoms with Crippen LogP contribution in [0.25, 0.3) is 0 Å². The van der Waals surface area contributed by atoms with Crippen molar-refractivity contribution in [3.05, 3.63) is 69.9 Å². The molecule has 0 saturated carbocycles. The molecule has 10 nitrogen and oxygen atoms in total. The number of para-hydroxylation sites is 1. The van der Waals surface area contributed by atoms with Crippen LogP contribution in [0.5, 0.6) is 11.5 Å². The zero-order valence-electron chi connectivity index (χ0n) is 20.0. The number of rotatable bonds is 10. The molecule has 0 bridgehead atoms. The van der Waals surface area contributed by atoms with Gasteiger partial charge in [-0.3, -0.25) is 4.79 Å². The van der Waals surface area contributed by atoms with Gasteiger partial charge in [0, 0.05) is 21.8 Å².